The Morgan fingerprint density at radius 1 is 0.667 bits per heavy atom. The van der Waals surface area contributed by atoms with Crippen LogP contribution in [0.1, 0.15) is 28.5 Å². The Kier molecular flexibility index (Phi) is 5.00. The topological polar surface area (TPSA) is 18.5 Å². The lowest BCUT2D eigenvalue weighted by molar-refractivity contribution is -0.167. The van der Waals surface area contributed by atoms with Gasteiger partial charge in [0.1, 0.15) is 5.75 Å². The summed E-state index contributed by atoms with van der Waals surface area (Å²) in [5.74, 6) is 0.757. The summed E-state index contributed by atoms with van der Waals surface area (Å²) < 4.78 is 13.1. The fourth-order valence-electron chi connectivity index (χ4n) is 4.00. The van der Waals surface area contributed by atoms with Gasteiger partial charge in [-0.1, -0.05) is 102 Å². The first kappa shape index (κ1) is 19.2. The molecule has 0 radical (unpaired) electrons. The van der Waals surface area contributed by atoms with Crippen LogP contribution in [0.25, 0.3) is 0 Å². The van der Waals surface area contributed by atoms with Crippen LogP contribution in [-0.2, 0) is 10.3 Å². The minimum Gasteiger partial charge on any atom is -0.460 e. The van der Waals surface area contributed by atoms with Crippen LogP contribution in [0.2, 0.25) is 10.0 Å². The van der Waals surface area contributed by atoms with Gasteiger partial charge in [0.05, 0.1) is 5.02 Å². The van der Waals surface area contributed by atoms with E-state index in [-0.39, 0.29) is 0 Å². The van der Waals surface area contributed by atoms with E-state index in [1.54, 1.807) is 12.1 Å². The molecule has 4 aromatic carbocycles. The van der Waals surface area contributed by atoms with E-state index >= 15 is 0 Å². The largest absolute Gasteiger partial charge is 0.460 e. The van der Waals surface area contributed by atoms with Crippen LogP contribution < -0.4 is 4.74 Å². The van der Waals surface area contributed by atoms with Crippen molar-refractivity contribution in [2.75, 3.05) is 0 Å². The summed E-state index contributed by atoms with van der Waals surface area (Å²) in [5, 5.41) is 1.07. The number of rotatable bonds is 3. The molecular formula is C26H18Cl2O2. The van der Waals surface area contributed by atoms with Gasteiger partial charge in [0.2, 0.25) is 6.29 Å². The predicted octanol–water partition coefficient (Wildman–Crippen LogP) is 7.39. The summed E-state index contributed by atoms with van der Waals surface area (Å²) in [6, 6.07) is 33.7. The summed E-state index contributed by atoms with van der Waals surface area (Å²) >= 11 is 12.6. The Morgan fingerprint density at radius 3 is 1.90 bits per heavy atom. The Hall–Kier alpha value is -2.78. The van der Waals surface area contributed by atoms with E-state index in [1.807, 2.05) is 60.7 Å². The second-order valence-electron chi connectivity index (χ2n) is 7.14. The molecule has 1 heterocycles. The molecule has 0 aromatic heterocycles. The highest BCUT2D eigenvalue weighted by atomic mass is 35.5. The minimum absolute atomic E-state index is 0.502. The molecule has 1 atom stereocenters. The van der Waals surface area contributed by atoms with Gasteiger partial charge in [0.15, 0.2) is 5.60 Å². The average Bonchev–Trinajstić information content (AvgIpc) is 2.79. The van der Waals surface area contributed by atoms with Gasteiger partial charge >= 0.3 is 0 Å². The standard InChI is InChI=1S/C26H18Cl2O2/c27-20-15-16-21(23(28)17-20)25-29-24-14-8-7-13-22(24)26(30-25,18-9-3-1-4-10-18)19-11-5-2-6-12-19/h1-17,25H/t25-/m0/s1. The van der Waals surface area contributed by atoms with E-state index in [1.165, 1.54) is 0 Å². The zero-order chi connectivity index (χ0) is 20.6. The van der Waals surface area contributed by atoms with Crippen molar-refractivity contribution < 1.29 is 9.47 Å². The molecule has 5 rings (SSSR count). The second kappa shape index (κ2) is 7.81. The molecule has 1 aliphatic heterocycles. The van der Waals surface area contributed by atoms with Crippen molar-refractivity contribution in [2.45, 2.75) is 11.9 Å². The maximum Gasteiger partial charge on any atom is 0.229 e. The molecule has 0 bridgehead atoms. The van der Waals surface area contributed by atoms with Crippen molar-refractivity contribution in [3.8, 4) is 5.75 Å². The number of hydrogen-bond acceptors (Lipinski definition) is 2. The number of fused-ring (bicyclic) bond motifs is 1. The second-order valence-corrected chi connectivity index (χ2v) is 7.99. The molecule has 0 N–H and O–H groups in total. The summed E-state index contributed by atoms with van der Waals surface area (Å²) in [5.41, 5.74) is 2.85. The molecule has 148 valence electrons. The van der Waals surface area contributed by atoms with E-state index in [9.17, 15) is 0 Å². The third kappa shape index (κ3) is 3.18. The van der Waals surface area contributed by atoms with Crippen molar-refractivity contribution in [3.63, 3.8) is 0 Å². The van der Waals surface area contributed by atoms with E-state index in [0.29, 0.717) is 10.0 Å². The van der Waals surface area contributed by atoms with Gasteiger partial charge in [0.25, 0.3) is 0 Å². The highest BCUT2D eigenvalue weighted by Gasteiger charge is 2.46. The van der Waals surface area contributed by atoms with Crippen LogP contribution in [-0.4, -0.2) is 0 Å². The quantitative estimate of drug-likeness (QED) is 0.335. The first-order valence-corrected chi connectivity index (χ1v) is 10.4. The van der Waals surface area contributed by atoms with E-state index < -0.39 is 11.9 Å². The lowest BCUT2D eigenvalue weighted by Crippen LogP contribution is -2.39. The Bertz CT molecular complexity index is 1140. The molecule has 4 aromatic rings. The van der Waals surface area contributed by atoms with E-state index in [2.05, 4.69) is 30.3 Å². The molecule has 0 aliphatic carbocycles. The van der Waals surface area contributed by atoms with Crippen LogP contribution in [0.3, 0.4) is 0 Å². The highest BCUT2D eigenvalue weighted by Crippen LogP contribution is 2.51. The van der Waals surface area contributed by atoms with Gasteiger partial charge in [-0.25, -0.2) is 0 Å². The molecule has 0 saturated carbocycles. The minimum atomic E-state index is -0.856. The lowest BCUT2D eigenvalue weighted by atomic mass is 9.79. The number of halogens is 2. The molecule has 1 aliphatic rings. The van der Waals surface area contributed by atoms with Crippen LogP contribution in [0, 0.1) is 0 Å². The van der Waals surface area contributed by atoms with E-state index in [4.69, 9.17) is 32.7 Å². The van der Waals surface area contributed by atoms with Crippen molar-refractivity contribution in [3.05, 3.63) is 135 Å². The van der Waals surface area contributed by atoms with Gasteiger partial charge < -0.3 is 9.47 Å². The van der Waals surface area contributed by atoms with Crippen molar-refractivity contribution in [2.24, 2.45) is 0 Å². The van der Waals surface area contributed by atoms with E-state index in [0.717, 1.165) is 28.0 Å². The monoisotopic (exact) mass is 432 g/mol. The Labute approximate surface area is 185 Å². The Morgan fingerprint density at radius 2 is 1.27 bits per heavy atom. The van der Waals surface area contributed by atoms with Crippen LogP contribution in [0.5, 0.6) is 5.75 Å². The molecule has 2 nitrogen and oxygen atoms in total. The average molecular weight is 433 g/mol. The number of para-hydroxylation sites is 1. The van der Waals surface area contributed by atoms with Crippen molar-refractivity contribution in [1.29, 1.82) is 0 Å². The smallest absolute Gasteiger partial charge is 0.229 e. The number of ether oxygens (including phenoxy) is 2. The molecule has 4 heteroatoms. The zero-order valence-corrected chi connectivity index (χ0v) is 17.5. The molecule has 0 fully saturated rings. The van der Waals surface area contributed by atoms with Gasteiger partial charge in [-0.2, -0.15) is 0 Å². The highest BCUT2D eigenvalue weighted by molar-refractivity contribution is 6.35. The molecule has 0 unspecified atom stereocenters. The van der Waals surface area contributed by atoms with Crippen LogP contribution >= 0.6 is 23.2 Å². The van der Waals surface area contributed by atoms with Gasteiger partial charge in [0, 0.05) is 16.1 Å². The maximum atomic E-state index is 6.83. The van der Waals surface area contributed by atoms with Gasteiger partial charge in [-0.3, -0.25) is 0 Å². The molecular weight excluding hydrogens is 415 g/mol. The molecule has 0 amide bonds. The van der Waals surface area contributed by atoms with Gasteiger partial charge in [-0.15, -0.1) is 0 Å². The van der Waals surface area contributed by atoms with Crippen molar-refractivity contribution >= 4 is 23.2 Å². The molecule has 0 saturated heterocycles. The van der Waals surface area contributed by atoms with Crippen LogP contribution in [0.15, 0.2) is 103 Å². The van der Waals surface area contributed by atoms with Crippen LogP contribution in [0.4, 0.5) is 0 Å². The summed E-state index contributed by atoms with van der Waals surface area (Å²) in [4.78, 5) is 0. The normalized spacial score (nSPS) is 17.1. The van der Waals surface area contributed by atoms with Gasteiger partial charge in [-0.05, 0) is 35.4 Å². The first-order valence-electron chi connectivity index (χ1n) is 9.68. The predicted molar refractivity (Wildman–Crippen MR) is 120 cm³/mol. The fraction of sp³-hybridized carbons (Fsp3) is 0.0769. The number of benzene rings is 4. The SMILES string of the molecule is Clc1ccc([C@H]2Oc3ccccc3C(c3ccccc3)(c3ccccc3)O2)c(Cl)c1. The Balaban J connectivity index is 1.78. The maximum absolute atomic E-state index is 6.83. The third-order valence-corrected chi connectivity index (χ3v) is 5.92. The summed E-state index contributed by atoms with van der Waals surface area (Å²) in [6.45, 7) is 0. The fourth-order valence-corrected chi connectivity index (χ4v) is 4.50. The number of hydrogen-bond donors (Lipinski definition) is 0. The zero-order valence-electron chi connectivity index (χ0n) is 16.0. The third-order valence-electron chi connectivity index (χ3n) is 5.36. The summed E-state index contributed by atoms with van der Waals surface area (Å²) in [7, 11) is 0. The molecule has 0 spiro atoms. The summed E-state index contributed by atoms with van der Waals surface area (Å²) in [6.07, 6.45) is -0.704. The first-order chi connectivity index (χ1) is 14.7. The van der Waals surface area contributed by atoms with Crippen molar-refractivity contribution in [1.82, 2.24) is 0 Å². The lowest BCUT2D eigenvalue weighted by Gasteiger charge is -2.43. The molecule has 30 heavy (non-hydrogen) atoms.